The van der Waals surface area contributed by atoms with Crippen LogP contribution in [0.4, 0.5) is 0 Å². The summed E-state index contributed by atoms with van der Waals surface area (Å²) in [6.45, 7) is 9.88. The van der Waals surface area contributed by atoms with Crippen molar-refractivity contribution >= 4 is 5.97 Å². The maximum absolute atomic E-state index is 11.9. The highest BCUT2D eigenvalue weighted by Crippen LogP contribution is 2.19. The minimum atomic E-state index is 0. The van der Waals surface area contributed by atoms with Crippen molar-refractivity contribution in [3.05, 3.63) is 0 Å². The first-order valence-electron chi connectivity index (χ1n) is 9.97. The molecule has 0 aromatic rings. The molecule has 0 unspecified atom stereocenters. The van der Waals surface area contributed by atoms with Crippen LogP contribution in [0, 0.1) is 0 Å². The third-order valence-corrected chi connectivity index (χ3v) is 5.66. The number of fused-ring (bicyclic) bond motifs is 3. The average Bonchev–Trinajstić information content (AvgIpc) is 2.60. The minimum absolute atomic E-state index is 0. The van der Waals surface area contributed by atoms with Crippen LogP contribution >= 0.6 is 0 Å². The zero-order valence-electron chi connectivity index (χ0n) is 15.6. The molecule has 3 saturated heterocycles. The van der Waals surface area contributed by atoms with Crippen LogP contribution in [0.2, 0.25) is 0 Å². The van der Waals surface area contributed by atoms with Crippen LogP contribution in [0.3, 0.4) is 0 Å². The summed E-state index contributed by atoms with van der Waals surface area (Å²) in [5.41, 5.74) is 0. The molecule has 2 bridgehead atoms. The molecule has 0 aromatic heterocycles. The summed E-state index contributed by atoms with van der Waals surface area (Å²) in [6.07, 6.45) is 12.2. The molecule has 0 spiro atoms. The summed E-state index contributed by atoms with van der Waals surface area (Å²) in [7, 11) is 0. The van der Waals surface area contributed by atoms with E-state index >= 15 is 0 Å². The molecule has 0 radical (unpaired) electrons. The zero-order chi connectivity index (χ0) is 16.4. The number of rotatable bonds is 12. The normalized spacial score (nSPS) is 25.3. The molecule has 0 saturated carbocycles. The molecule has 0 atom stereocenters. The molecule has 3 aliphatic rings. The summed E-state index contributed by atoms with van der Waals surface area (Å²) >= 11 is 0. The molecule has 24 heavy (non-hydrogen) atoms. The molecule has 0 aliphatic carbocycles. The molecule has 3 rings (SSSR count). The van der Waals surface area contributed by atoms with Gasteiger partial charge in [-0.05, 0) is 6.42 Å². The maximum Gasteiger partial charge on any atom is 0.310 e. The van der Waals surface area contributed by atoms with Gasteiger partial charge in [0.15, 0.2) is 0 Å². The van der Waals surface area contributed by atoms with Crippen molar-refractivity contribution in [3.8, 4) is 0 Å². The molecule has 5 heteroatoms. The minimum Gasteiger partial charge on any atom is -1.00 e. The van der Waals surface area contributed by atoms with Crippen molar-refractivity contribution in [2.24, 2.45) is 0 Å². The third-order valence-electron chi connectivity index (χ3n) is 5.66. The Bertz CT molecular complexity index is 330. The fourth-order valence-corrected chi connectivity index (χ4v) is 3.79. The van der Waals surface area contributed by atoms with E-state index in [1.807, 2.05) is 0 Å². The smallest absolute Gasteiger partial charge is 0.310 e. The van der Waals surface area contributed by atoms with Crippen molar-refractivity contribution in [2.45, 2.75) is 71.1 Å². The van der Waals surface area contributed by atoms with E-state index in [2.05, 4.69) is 11.8 Å². The number of carbonyl (C=O) groups is 1. The number of unbranched alkanes of at least 4 members (excludes halogenated alkanes) is 8. The number of quaternary nitrogens is 1. The van der Waals surface area contributed by atoms with Gasteiger partial charge in [0.05, 0.1) is 19.6 Å². The number of ether oxygens (including phenoxy) is 1. The van der Waals surface area contributed by atoms with Gasteiger partial charge in [0, 0.05) is 26.1 Å². The fraction of sp³-hybridized carbons (Fsp3) is 0.947. The van der Waals surface area contributed by atoms with Crippen LogP contribution < -0.4 is 12.4 Å². The summed E-state index contributed by atoms with van der Waals surface area (Å²) < 4.78 is 6.60. The highest BCUT2D eigenvalue weighted by atomic mass is 35.5. The molecule has 0 N–H and O–H groups in total. The van der Waals surface area contributed by atoms with Gasteiger partial charge >= 0.3 is 5.97 Å². The van der Waals surface area contributed by atoms with Crippen LogP contribution in [0.25, 0.3) is 0 Å². The monoisotopic (exact) mass is 360 g/mol. The highest BCUT2D eigenvalue weighted by Gasteiger charge is 2.39. The predicted molar refractivity (Wildman–Crippen MR) is 94.1 cm³/mol. The van der Waals surface area contributed by atoms with E-state index < -0.39 is 0 Å². The van der Waals surface area contributed by atoms with Gasteiger partial charge < -0.3 is 17.1 Å². The highest BCUT2D eigenvalue weighted by molar-refractivity contribution is 5.69. The van der Waals surface area contributed by atoms with Crippen LogP contribution in [0.15, 0.2) is 0 Å². The lowest BCUT2D eigenvalue weighted by Crippen LogP contribution is -3.00. The number of piperazine rings is 3. The number of nitrogens with zero attached hydrogens (tertiary/aromatic N) is 2. The van der Waals surface area contributed by atoms with Crippen LogP contribution in [0.1, 0.15) is 71.1 Å². The standard InChI is InChI=1S/C19H37N2O2.ClH/c1-2-3-4-5-6-7-8-9-10-11-19(22)23-18-21-15-12-20(13-16-21)14-17-21;/h2-18H2,1H3;1H/q+1;/p-1. The van der Waals surface area contributed by atoms with Crippen LogP contribution in [-0.2, 0) is 9.53 Å². The first-order valence-corrected chi connectivity index (χ1v) is 9.97. The van der Waals surface area contributed by atoms with Crippen molar-refractivity contribution in [1.29, 1.82) is 0 Å². The molecule has 3 heterocycles. The Hall–Kier alpha value is -0.320. The van der Waals surface area contributed by atoms with Gasteiger partial charge in [-0.25, -0.2) is 0 Å². The second-order valence-electron chi connectivity index (χ2n) is 7.58. The number of hydrogen-bond acceptors (Lipinski definition) is 3. The average molecular weight is 361 g/mol. The van der Waals surface area contributed by atoms with Gasteiger partial charge in [0.2, 0.25) is 6.73 Å². The van der Waals surface area contributed by atoms with Gasteiger partial charge in [-0.1, -0.05) is 58.3 Å². The fourth-order valence-electron chi connectivity index (χ4n) is 3.79. The quantitative estimate of drug-likeness (QED) is 0.289. The predicted octanol–water partition coefficient (Wildman–Crippen LogP) is 0.558. The van der Waals surface area contributed by atoms with Crippen molar-refractivity contribution in [1.82, 2.24) is 4.90 Å². The second kappa shape index (κ2) is 12.1. The van der Waals surface area contributed by atoms with Crippen LogP contribution in [-0.4, -0.2) is 61.4 Å². The molecule has 0 amide bonds. The Balaban J connectivity index is 0.00000288. The first kappa shape index (κ1) is 21.7. The van der Waals surface area contributed by atoms with Gasteiger partial charge in [-0.2, -0.15) is 0 Å². The Kier molecular flexibility index (Phi) is 11.0. The summed E-state index contributed by atoms with van der Waals surface area (Å²) in [4.78, 5) is 14.4. The summed E-state index contributed by atoms with van der Waals surface area (Å²) in [6, 6.07) is 0. The maximum atomic E-state index is 11.9. The van der Waals surface area contributed by atoms with E-state index in [1.165, 1.54) is 71.0 Å². The lowest BCUT2D eigenvalue weighted by Gasteiger charge is -2.49. The Morgan fingerprint density at radius 3 is 1.92 bits per heavy atom. The topological polar surface area (TPSA) is 29.5 Å². The molecule has 142 valence electrons. The van der Waals surface area contributed by atoms with Gasteiger partial charge in [0.1, 0.15) is 0 Å². The van der Waals surface area contributed by atoms with Crippen LogP contribution in [0.5, 0.6) is 0 Å². The largest absolute Gasteiger partial charge is 1.00 e. The van der Waals surface area contributed by atoms with E-state index in [0.717, 1.165) is 30.5 Å². The summed E-state index contributed by atoms with van der Waals surface area (Å²) in [5, 5.41) is 0. The van der Waals surface area contributed by atoms with Crippen molar-refractivity contribution < 1.29 is 26.4 Å². The Morgan fingerprint density at radius 2 is 1.38 bits per heavy atom. The van der Waals surface area contributed by atoms with Crippen molar-refractivity contribution in [3.63, 3.8) is 0 Å². The molecule has 4 nitrogen and oxygen atoms in total. The van der Waals surface area contributed by atoms with E-state index in [9.17, 15) is 4.79 Å². The number of esters is 1. The lowest BCUT2D eigenvalue weighted by molar-refractivity contribution is -0.955. The third kappa shape index (κ3) is 7.71. The second-order valence-corrected chi connectivity index (χ2v) is 7.58. The Morgan fingerprint density at radius 1 is 0.875 bits per heavy atom. The first-order chi connectivity index (χ1) is 11.2. The zero-order valence-corrected chi connectivity index (χ0v) is 16.4. The Labute approximate surface area is 154 Å². The molecular weight excluding hydrogens is 324 g/mol. The number of carbonyl (C=O) groups excluding carboxylic acids is 1. The molecule has 3 aliphatic heterocycles. The molecule has 0 aromatic carbocycles. The van der Waals surface area contributed by atoms with Gasteiger partial charge in [-0.15, -0.1) is 0 Å². The van der Waals surface area contributed by atoms with E-state index in [0.29, 0.717) is 13.2 Å². The SMILES string of the molecule is CCCCCCCCCCCC(=O)OC[N+]12CCN(CC1)CC2.[Cl-]. The molecule has 3 fully saturated rings. The number of halogens is 1. The lowest BCUT2D eigenvalue weighted by atomic mass is 10.1. The van der Waals surface area contributed by atoms with E-state index in [4.69, 9.17) is 4.74 Å². The van der Waals surface area contributed by atoms with E-state index in [-0.39, 0.29) is 18.4 Å². The number of hydrogen-bond donors (Lipinski definition) is 0. The van der Waals surface area contributed by atoms with Gasteiger partial charge in [0.25, 0.3) is 0 Å². The van der Waals surface area contributed by atoms with Crippen molar-refractivity contribution in [2.75, 3.05) is 46.0 Å². The van der Waals surface area contributed by atoms with E-state index in [1.54, 1.807) is 0 Å². The summed E-state index contributed by atoms with van der Waals surface area (Å²) in [5.74, 6) is 0.0217. The van der Waals surface area contributed by atoms with Gasteiger partial charge in [-0.3, -0.25) is 14.2 Å². The molecular formula is C19H37ClN2O2.